The summed E-state index contributed by atoms with van der Waals surface area (Å²) in [6.45, 7) is 7.13. The van der Waals surface area contributed by atoms with Crippen molar-refractivity contribution in [3.8, 4) is 5.75 Å². The Morgan fingerprint density at radius 3 is 2.70 bits per heavy atom. The number of rotatable bonds is 1. The molecule has 0 bridgehead atoms. The Hall–Kier alpha value is -1.02. The number of fused-ring (bicyclic) bond motifs is 5. The Morgan fingerprint density at radius 1 is 1.17 bits per heavy atom. The van der Waals surface area contributed by atoms with Crippen LogP contribution in [0.25, 0.3) is 0 Å². The first-order valence-corrected chi connectivity index (χ1v) is 9.22. The highest BCUT2D eigenvalue weighted by Crippen LogP contribution is 2.66. The lowest BCUT2D eigenvalue weighted by molar-refractivity contribution is -0.0404. The first-order valence-electron chi connectivity index (χ1n) is 9.22. The molecule has 0 heterocycles. The third-order valence-corrected chi connectivity index (χ3v) is 7.47. The lowest BCUT2D eigenvalue weighted by Crippen LogP contribution is -2.46. The van der Waals surface area contributed by atoms with Gasteiger partial charge in [-0.15, -0.1) is 0 Å². The second-order valence-electron chi connectivity index (χ2n) is 9.10. The number of ether oxygens (including phenoxy) is 1. The number of methoxy groups -OCH3 is 1. The number of aliphatic hydroxyl groups is 1. The standard InChI is InChI=1S/C21H30O2/c1-20(2)12-18(22)21(3)10-9-16-15-8-6-14(23-4)11-13(15)5-7-17(16)19(20)21/h6,8,11,16-19,22H,5,7,9-10,12H2,1-4H3/t16-,17-,18+,19-,21-/m1/s1. The number of benzene rings is 1. The predicted octanol–water partition coefficient (Wildman–Crippen LogP) is 4.55. The number of aryl methyl sites for hydroxylation is 1. The Balaban J connectivity index is 1.74. The van der Waals surface area contributed by atoms with E-state index in [9.17, 15) is 5.11 Å². The maximum Gasteiger partial charge on any atom is 0.119 e. The van der Waals surface area contributed by atoms with Crippen LogP contribution in [0.1, 0.15) is 63.5 Å². The first-order chi connectivity index (χ1) is 10.9. The van der Waals surface area contributed by atoms with E-state index in [1.807, 2.05) is 0 Å². The molecule has 0 spiro atoms. The molecule has 2 heteroatoms. The predicted molar refractivity (Wildman–Crippen MR) is 92.8 cm³/mol. The van der Waals surface area contributed by atoms with Crippen LogP contribution in [0.4, 0.5) is 0 Å². The fraction of sp³-hybridized carbons (Fsp3) is 0.714. The van der Waals surface area contributed by atoms with Crippen LogP contribution in [0.2, 0.25) is 0 Å². The minimum atomic E-state index is -0.124. The van der Waals surface area contributed by atoms with Crippen molar-refractivity contribution in [2.24, 2.45) is 22.7 Å². The lowest BCUT2D eigenvalue weighted by atomic mass is 9.52. The highest BCUT2D eigenvalue weighted by molar-refractivity contribution is 5.41. The summed E-state index contributed by atoms with van der Waals surface area (Å²) in [5, 5.41) is 10.8. The number of aliphatic hydroxyl groups excluding tert-OH is 1. The fourth-order valence-electron chi connectivity index (χ4n) is 6.63. The van der Waals surface area contributed by atoms with Gasteiger partial charge in [0.1, 0.15) is 5.75 Å². The Morgan fingerprint density at radius 2 is 1.96 bits per heavy atom. The van der Waals surface area contributed by atoms with E-state index in [2.05, 4.69) is 39.0 Å². The maximum absolute atomic E-state index is 10.8. The summed E-state index contributed by atoms with van der Waals surface area (Å²) in [7, 11) is 1.75. The van der Waals surface area contributed by atoms with Gasteiger partial charge in [-0.1, -0.05) is 26.8 Å². The maximum atomic E-state index is 10.8. The summed E-state index contributed by atoms with van der Waals surface area (Å²) >= 11 is 0. The van der Waals surface area contributed by atoms with Crippen LogP contribution in [-0.2, 0) is 6.42 Å². The van der Waals surface area contributed by atoms with E-state index in [-0.39, 0.29) is 16.9 Å². The van der Waals surface area contributed by atoms with Crippen molar-refractivity contribution in [2.75, 3.05) is 7.11 Å². The Labute approximate surface area is 140 Å². The summed E-state index contributed by atoms with van der Waals surface area (Å²) < 4.78 is 5.42. The van der Waals surface area contributed by atoms with Crippen LogP contribution < -0.4 is 4.74 Å². The van der Waals surface area contributed by atoms with Crippen molar-refractivity contribution in [2.45, 2.75) is 64.9 Å². The first kappa shape index (κ1) is 15.5. The molecule has 0 amide bonds. The highest BCUT2D eigenvalue weighted by atomic mass is 16.5. The minimum Gasteiger partial charge on any atom is -0.497 e. The normalized spacial score (nSPS) is 40.9. The molecule has 1 N–H and O–H groups in total. The van der Waals surface area contributed by atoms with Crippen molar-refractivity contribution >= 4 is 0 Å². The third-order valence-electron chi connectivity index (χ3n) is 7.47. The van der Waals surface area contributed by atoms with Gasteiger partial charge >= 0.3 is 0 Å². The summed E-state index contributed by atoms with van der Waals surface area (Å²) in [4.78, 5) is 0. The molecule has 0 aromatic heterocycles. The molecule has 2 saturated carbocycles. The zero-order valence-electron chi connectivity index (χ0n) is 14.9. The molecule has 3 aliphatic carbocycles. The van der Waals surface area contributed by atoms with Crippen LogP contribution >= 0.6 is 0 Å². The van der Waals surface area contributed by atoms with Gasteiger partial charge in [0, 0.05) is 0 Å². The zero-order valence-corrected chi connectivity index (χ0v) is 14.9. The molecule has 5 atom stereocenters. The van der Waals surface area contributed by atoms with Crippen molar-refractivity contribution < 1.29 is 9.84 Å². The van der Waals surface area contributed by atoms with Crippen LogP contribution in [0.3, 0.4) is 0 Å². The highest BCUT2D eigenvalue weighted by Gasteiger charge is 2.61. The Kier molecular flexibility index (Phi) is 3.36. The molecule has 23 heavy (non-hydrogen) atoms. The topological polar surface area (TPSA) is 29.5 Å². The minimum absolute atomic E-state index is 0.120. The molecular formula is C21H30O2. The second kappa shape index (κ2) is 4.99. The van der Waals surface area contributed by atoms with Crippen molar-refractivity contribution in [1.29, 1.82) is 0 Å². The van der Waals surface area contributed by atoms with Gasteiger partial charge in [-0.3, -0.25) is 0 Å². The van der Waals surface area contributed by atoms with E-state index >= 15 is 0 Å². The van der Waals surface area contributed by atoms with E-state index in [0.717, 1.165) is 30.9 Å². The molecule has 3 aliphatic rings. The second-order valence-corrected chi connectivity index (χ2v) is 9.10. The lowest BCUT2D eigenvalue weighted by Gasteiger charge is -2.53. The quantitative estimate of drug-likeness (QED) is 0.824. The van der Waals surface area contributed by atoms with Crippen molar-refractivity contribution in [3.05, 3.63) is 29.3 Å². The molecular weight excluding hydrogens is 284 g/mol. The summed E-state index contributed by atoms with van der Waals surface area (Å²) in [6, 6.07) is 6.68. The van der Waals surface area contributed by atoms with Gasteiger partial charge in [0.2, 0.25) is 0 Å². The van der Waals surface area contributed by atoms with Gasteiger partial charge in [0.15, 0.2) is 0 Å². The van der Waals surface area contributed by atoms with Gasteiger partial charge in [0.05, 0.1) is 13.2 Å². The van der Waals surface area contributed by atoms with Gasteiger partial charge in [-0.05, 0) is 83.9 Å². The van der Waals surface area contributed by atoms with Crippen LogP contribution in [-0.4, -0.2) is 18.3 Å². The van der Waals surface area contributed by atoms with Crippen LogP contribution in [0.5, 0.6) is 5.75 Å². The van der Waals surface area contributed by atoms with E-state index in [0.29, 0.717) is 11.8 Å². The monoisotopic (exact) mass is 314 g/mol. The number of hydrogen-bond acceptors (Lipinski definition) is 2. The molecule has 4 rings (SSSR count). The molecule has 2 fully saturated rings. The van der Waals surface area contributed by atoms with E-state index in [4.69, 9.17) is 4.74 Å². The Bertz CT molecular complexity index is 620. The smallest absolute Gasteiger partial charge is 0.119 e. The van der Waals surface area contributed by atoms with Gasteiger partial charge in [0.25, 0.3) is 0 Å². The average molecular weight is 314 g/mol. The van der Waals surface area contributed by atoms with Gasteiger partial charge < -0.3 is 9.84 Å². The molecule has 126 valence electrons. The number of hydrogen-bond donors (Lipinski definition) is 1. The summed E-state index contributed by atoms with van der Waals surface area (Å²) in [5.74, 6) is 3.02. The van der Waals surface area contributed by atoms with Crippen molar-refractivity contribution in [3.63, 3.8) is 0 Å². The molecule has 0 aliphatic heterocycles. The average Bonchev–Trinajstić information content (AvgIpc) is 2.71. The third kappa shape index (κ3) is 2.10. The van der Waals surface area contributed by atoms with Crippen molar-refractivity contribution in [1.82, 2.24) is 0 Å². The van der Waals surface area contributed by atoms with Crippen LogP contribution in [0.15, 0.2) is 18.2 Å². The largest absolute Gasteiger partial charge is 0.497 e. The zero-order chi connectivity index (χ0) is 16.4. The van der Waals surface area contributed by atoms with Crippen LogP contribution in [0, 0.1) is 22.7 Å². The molecule has 1 aromatic rings. The van der Waals surface area contributed by atoms with Gasteiger partial charge in [-0.2, -0.15) is 0 Å². The van der Waals surface area contributed by atoms with E-state index in [1.54, 1.807) is 12.7 Å². The summed E-state index contributed by atoms with van der Waals surface area (Å²) in [6.07, 6.45) is 5.65. The molecule has 1 aromatic carbocycles. The van der Waals surface area contributed by atoms with E-state index in [1.165, 1.54) is 18.4 Å². The molecule has 0 radical (unpaired) electrons. The molecule has 2 nitrogen and oxygen atoms in total. The molecule has 0 saturated heterocycles. The van der Waals surface area contributed by atoms with E-state index < -0.39 is 0 Å². The SMILES string of the molecule is COc1ccc2c(c1)CC[C@@H]1[C@@H]2CC[C@@]2(C)[C@H]1C(C)(C)C[C@@H]2O. The summed E-state index contributed by atoms with van der Waals surface area (Å²) in [5.41, 5.74) is 3.42. The fourth-order valence-corrected chi connectivity index (χ4v) is 6.63. The molecule has 0 unspecified atom stereocenters. The van der Waals surface area contributed by atoms with Gasteiger partial charge in [-0.25, -0.2) is 0 Å².